The van der Waals surface area contributed by atoms with Crippen LogP contribution in [0.15, 0.2) is 48.5 Å². The van der Waals surface area contributed by atoms with Gasteiger partial charge in [-0.15, -0.1) is 0 Å². The summed E-state index contributed by atoms with van der Waals surface area (Å²) in [6.07, 6.45) is 2.23. The molecule has 3 N–H and O–H groups in total. The molecule has 2 aromatic rings. The minimum atomic E-state index is -0.814. The summed E-state index contributed by atoms with van der Waals surface area (Å²) < 4.78 is 5.65. The minimum Gasteiger partial charge on any atom is -0.481 e. The molecular formula is C28H34N2O5. The zero-order valence-electron chi connectivity index (χ0n) is 20.3. The molecule has 7 heteroatoms. The van der Waals surface area contributed by atoms with E-state index in [-0.39, 0.29) is 42.7 Å². The zero-order valence-corrected chi connectivity index (χ0v) is 20.3. The Bertz CT molecular complexity index is 1030. The van der Waals surface area contributed by atoms with Crippen molar-refractivity contribution in [1.82, 2.24) is 10.6 Å². The summed E-state index contributed by atoms with van der Waals surface area (Å²) in [7, 11) is 0. The van der Waals surface area contributed by atoms with Gasteiger partial charge >= 0.3 is 12.1 Å². The second-order valence-electron chi connectivity index (χ2n) is 9.91. The third kappa shape index (κ3) is 5.84. The standard InChI is InChI=1S/C28H34N2O5/c1-3-17(2)12-25(27(33)29-19-13-18(14-19)15-26(31)32)30-28(34)35-16-24-22-10-6-4-8-20(22)21-9-5-7-11-23(21)24/h4-11,17-19,24-25H,3,12-16H2,1-2H3,(H,29,33)(H,30,34)(H,31,32). The number of hydrogen-bond donors (Lipinski definition) is 3. The molecule has 4 rings (SSSR count). The fourth-order valence-electron chi connectivity index (χ4n) is 5.15. The van der Waals surface area contributed by atoms with Gasteiger partial charge in [-0.2, -0.15) is 0 Å². The number of fused-ring (bicyclic) bond motifs is 3. The van der Waals surface area contributed by atoms with E-state index in [1.54, 1.807) is 0 Å². The Morgan fingerprint density at radius 1 is 1.03 bits per heavy atom. The average Bonchev–Trinajstić information content (AvgIpc) is 3.14. The summed E-state index contributed by atoms with van der Waals surface area (Å²) >= 11 is 0. The molecule has 0 spiro atoms. The number of amides is 2. The maximum absolute atomic E-state index is 13.0. The van der Waals surface area contributed by atoms with E-state index < -0.39 is 18.1 Å². The molecule has 186 valence electrons. The lowest BCUT2D eigenvalue weighted by Crippen LogP contribution is -2.53. The van der Waals surface area contributed by atoms with Gasteiger partial charge < -0.3 is 20.5 Å². The van der Waals surface area contributed by atoms with Gasteiger partial charge in [0.15, 0.2) is 0 Å². The monoisotopic (exact) mass is 478 g/mol. The second kappa shape index (κ2) is 10.9. The Labute approximate surface area is 206 Å². The van der Waals surface area contributed by atoms with Gasteiger partial charge in [-0.25, -0.2) is 4.79 Å². The quantitative estimate of drug-likeness (QED) is 0.459. The summed E-state index contributed by atoms with van der Waals surface area (Å²) in [5.41, 5.74) is 4.59. The van der Waals surface area contributed by atoms with E-state index in [4.69, 9.17) is 9.84 Å². The van der Waals surface area contributed by atoms with Gasteiger partial charge in [0.1, 0.15) is 12.6 Å². The molecule has 0 radical (unpaired) electrons. The van der Waals surface area contributed by atoms with Crippen molar-refractivity contribution in [3.63, 3.8) is 0 Å². The van der Waals surface area contributed by atoms with Gasteiger partial charge in [0.25, 0.3) is 0 Å². The van der Waals surface area contributed by atoms with Crippen LogP contribution in [0, 0.1) is 11.8 Å². The van der Waals surface area contributed by atoms with Crippen LogP contribution < -0.4 is 10.6 Å². The fraction of sp³-hybridized carbons (Fsp3) is 0.464. The highest BCUT2D eigenvalue weighted by atomic mass is 16.5. The third-order valence-corrected chi connectivity index (χ3v) is 7.33. The molecule has 0 aliphatic heterocycles. The number of hydrogen-bond acceptors (Lipinski definition) is 4. The molecule has 2 atom stereocenters. The number of aliphatic carboxylic acids is 1. The molecule has 2 unspecified atom stereocenters. The van der Waals surface area contributed by atoms with E-state index >= 15 is 0 Å². The van der Waals surface area contributed by atoms with Crippen LogP contribution in [0.25, 0.3) is 11.1 Å². The van der Waals surface area contributed by atoms with Crippen molar-refractivity contribution in [3.8, 4) is 11.1 Å². The fourth-order valence-corrected chi connectivity index (χ4v) is 5.15. The van der Waals surface area contributed by atoms with Gasteiger partial charge in [-0.05, 0) is 53.4 Å². The normalized spacial score (nSPS) is 20.1. The molecule has 1 saturated carbocycles. The maximum atomic E-state index is 13.0. The molecule has 0 aromatic heterocycles. The first-order chi connectivity index (χ1) is 16.9. The molecule has 7 nitrogen and oxygen atoms in total. The maximum Gasteiger partial charge on any atom is 0.407 e. The minimum absolute atomic E-state index is 0.0452. The number of carboxylic acids is 1. The van der Waals surface area contributed by atoms with E-state index in [0.29, 0.717) is 19.3 Å². The smallest absolute Gasteiger partial charge is 0.407 e. The van der Waals surface area contributed by atoms with Gasteiger partial charge in [-0.3, -0.25) is 9.59 Å². The van der Waals surface area contributed by atoms with E-state index in [9.17, 15) is 14.4 Å². The van der Waals surface area contributed by atoms with E-state index in [0.717, 1.165) is 28.7 Å². The first-order valence-corrected chi connectivity index (χ1v) is 12.5. The molecule has 2 amide bonds. The molecular weight excluding hydrogens is 444 g/mol. The Hall–Kier alpha value is -3.35. The highest BCUT2D eigenvalue weighted by Crippen LogP contribution is 2.44. The first-order valence-electron chi connectivity index (χ1n) is 12.5. The number of rotatable bonds is 10. The zero-order chi connectivity index (χ0) is 24.9. The summed E-state index contributed by atoms with van der Waals surface area (Å²) in [4.78, 5) is 36.6. The van der Waals surface area contributed by atoms with Crippen molar-refractivity contribution in [2.45, 2.75) is 64.0 Å². The SMILES string of the molecule is CCC(C)CC(NC(=O)OCC1c2ccccc2-c2ccccc21)C(=O)NC1CC(CC(=O)O)C1. The molecule has 2 aromatic carbocycles. The molecule has 0 bridgehead atoms. The lowest BCUT2D eigenvalue weighted by molar-refractivity contribution is -0.139. The van der Waals surface area contributed by atoms with E-state index in [1.165, 1.54) is 0 Å². The van der Waals surface area contributed by atoms with Gasteiger partial charge in [0.05, 0.1) is 0 Å². The number of carbonyl (C=O) groups is 3. The Morgan fingerprint density at radius 2 is 1.63 bits per heavy atom. The Kier molecular flexibility index (Phi) is 7.73. The van der Waals surface area contributed by atoms with E-state index in [1.807, 2.05) is 31.2 Å². The highest BCUT2D eigenvalue weighted by Gasteiger charge is 2.34. The summed E-state index contributed by atoms with van der Waals surface area (Å²) in [5, 5.41) is 14.7. The molecule has 35 heavy (non-hydrogen) atoms. The topological polar surface area (TPSA) is 105 Å². The molecule has 2 aliphatic carbocycles. The van der Waals surface area contributed by atoms with Gasteiger partial charge in [-0.1, -0.05) is 68.8 Å². The number of carbonyl (C=O) groups excluding carboxylic acids is 2. The van der Waals surface area contributed by atoms with Crippen LogP contribution in [-0.2, 0) is 14.3 Å². The van der Waals surface area contributed by atoms with Crippen molar-refractivity contribution >= 4 is 18.0 Å². The predicted octanol–water partition coefficient (Wildman–Crippen LogP) is 4.70. The van der Waals surface area contributed by atoms with Crippen LogP contribution >= 0.6 is 0 Å². The van der Waals surface area contributed by atoms with Crippen molar-refractivity contribution in [2.24, 2.45) is 11.8 Å². The number of carboxylic acid groups (broad SMARTS) is 1. The molecule has 2 aliphatic rings. The van der Waals surface area contributed by atoms with Crippen LogP contribution in [0.1, 0.15) is 63.0 Å². The Balaban J connectivity index is 1.35. The summed E-state index contributed by atoms with van der Waals surface area (Å²) in [6, 6.07) is 15.6. The van der Waals surface area contributed by atoms with Crippen molar-refractivity contribution in [1.29, 1.82) is 0 Å². The summed E-state index contributed by atoms with van der Waals surface area (Å²) in [6.45, 7) is 4.29. The first kappa shape index (κ1) is 24.8. The lowest BCUT2D eigenvalue weighted by Gasteiger charge is -2.36. The van der Waals surface area contributed by atoms with Crippen LogP contribution in [0.4, 0.5) is 4.79 Å². The number of alkyl carbamates (subject to hydrolysis) is 1. The molecule has 0 heterocycles. The highest BCUT2D eigenvalue weighted by molar-refractivity contribution is 5.86. The van der Waals surface area contributed by atoms with Crippen LogP contribution in [-0.4, -0.2) is 41.8 Å². The van der Waals surface area contributed by atoms with Crippen molar-refractivity contribution in [2.75, 3.05) is 6.61 Å². The largest absolute Gasteiger partial charge is 0.481 e. The van der Waals surface area contributed by atoms with Crippen LogP contribution in [0.5, 0.6) is 0 Å². The predicted molar refractivity (Wildman–Crippen MR) is 133 cm³/mol. The van der Waals surface area contributed by atoms with Crippen molar-refractivity contribution in [3.05, 3.63) is 59.7 Å². The average molecular weight is 479 g/mol. The number of benzene rings is 2. The third-order valence-electron chi connectivity index (χ3n) is 7.33. The van der Waals surface area contributed by atoms with Gasteiger partial charge in [0, 0.05) is 18.4 Å². The van der Waals surface area contributed by atoms with Gasteiger partial charge in [0.2, 0.25) is 5.91 Å². The number of ether oxygens (including phenoxy) is 1. The molecule has 1 fully saturated rings. The molecule has 0 saturated heterocycles. The summed E-state index contributed by atoms with van der Waals surface area (Å²) in [5.74, 6) is -0.748. The number of nitrogens with one attached hydrogen (secondary N) is 2. The Morgan fingerprint density at radius 3 is 2.20 bits per heavy atom. The van der Waals surface area contributed by atoms with E-state index in [2.05, 4.69) is 41.8 Å². The van der Waals surface area contributed by atoms with Crippen LogP contribution in [0.3, 0.4) is 0 Å². The van der Waals surface area contributed by atoms with Crippen molar-refractivity contribution < 1.29 is 24.2 Å². The second-order valence-corrected chi connectivity index (χ2v) is 9.91. The lowest BCUT2D eigenvalue weighted by atomic mass is 9.78. The van der Waals surface area contributed by atoms with Crippen LogP contribution in [0.2, 0.25) is 0 Å².